The summed E-state index contributed by atoms with van der Waals surface area (Å²) in [6, 6.07) is 7.63. The minimum Gasteiger partial charge on any atom is -0.490 e. The molecule has 0 unspecified atom stereocenters. The maximum atomic E-state index is 12.4. The van der Waals surface area contributed by atoms with E-state index in [2.05, 4.69) is 6.08 Å². The lowest BCUT2D eigenvalue weighted by molar-refractivity contribution is 0.103. The highest BCUT2D eigenvalue weighted by atomic mass is 16.5. The second-order valence-electron chi connectivity index (χ2n) is 5.50. The predicted molar refractivity (Wildman–Crippen MR) is 75.6 cm³/mol. The average molecular weight is 256 g/mol. The maximum Gasteiger partial charge on any atom is 0.188 e. The highest BCUT2D eigenvalue weighted by molar-refractivity contribution is 6.08. The molecule has 3 rings (SSSR count). The molecule has 2 aliphatic carbocycles. The molecule has 2 aliphatic rings. The van der Waals surface area contributed by atoms with Gasteiger partial charge in [0.1, 0.15) is 5.75 Å². The van der Waals surface area contributed by atoms with E-state index >= 15 is 0 Å². The molecule has 0 aromatic heterocycles. The molecule has 0 amide bonds. The van der Waals surface area contributed by atoms with Gasteiger partial charge in [-0.2, -0.15) is 0 Å². The quantitative estimate of drug-likeness (QED) is 0.751. The van der Waals surface area contributed by atoms with E-state index in [1.807, 2.05) is 24.3 Å². The van der Waals surface area contributed by atoms with E-state index < -0.39 is 0 Å². The summed E-state index contributed by atoms with van der Waals surface area (Å²) in [4.78, 5) is 12.4. The van der Waals surface area contributed by atoms with Crippen LogP contribution in [0, 0.1) is 0 Å². The molecule has 0 spiro atoms. The van der Waals surface area contributed by atoms with Gasteiger partial charge in [0.15, 0.2) is 5.78 Å². The highest BCUT2D eigenvalue weighted by Crippen LogP contribution is 2.27. The van der Waals surface area contributed by atoms with Crippen LogP contribution < -0.4 is 4.74 Å². The number of carbonyl (C=O) groups excluding carboxylic acids is 1. The van der Waals surface area contributed by atoms with E-state index in [0.29, 0.717) is 6.10 Å². The Labute approximate surface area is 114 Å². The molecule has 1 aromatic carbocycles. The average Bonchev–Trinajstić information content (AvgIpc) is 3.25. The third-order valence-corrected chi connectivity index (χ3v) is 3.78. The van der Waals surface area contributed by atoms with Gasteiger partial charge in [0.2, 0.25) is 0 Å². The number of rotatable bonds is 4. The second kappa shape index (κ2) is 5.60. The lowest BCUT2D eigenvalue weighted by atomic mass is 9.99. The fourth-order valence-corrected chi connectivity index (χ4v) is 2.47. The van der Waals surface area contributed by atoms with Crippen LogP contribution >= 0.6 is 0 Å². The molecule has 0 N–H and O–H groups in total. The molecule has 100 valence electrons. The number of hydrogen-bond donors (Lipinski definition) is 0. The Morgan fingerprint density at radius 1 is 1.05 bits per heavy atom. The van der Waals surface area contributed by atoms with Crippen LogP contribution in [-0.2, 0) is 0 Å². The van der Waals surface area contributed by atoms with Crippen molar-refractivity contribution in [3.05, 3.63) is 41.5 Å². The lowest BCUT2D eigenvalue weighted by Crippen LogP contribution is -2.03. The molecule has 0 aliphatic heterocycles. The lowest BCUT2D eigenvalue weighted by Gasteiger charge is -2.07. The van der Waals surface area contributed by atoms with E-state index in [0.717, 1.165) is 49.0 Å². The first-order valence-corrected chi connectivity index (χ1v) is 7.33. The van der Waals surface area contributed by atoms with Gasteiger partial charge in [0.25, 0.3) is 0 Å². The van der Waals surface area contributed by atoms with Gasteiger partial charge in [0.05, 0.1) is 6.10 Å². The Hall–Kier alpha value is -1.57. The van der Waals surface area contributed by atoms with Gasteiger partial charge in [-0.25, -0.2) is 0 Å². The third-order valence-electron chi connectivity index (χ3n) is 3.78. The van der Waals surface area contributed by atoms with Gasteiger partial charge in [-0.3, -0.25) is 4.79 Å². The molecule has 0 bridgehead atoms. The van der Waals surface area contributed by atoms with Crippen molar-refractivity contribution in [3.63, 3.8) is 0 Å². The molecule has 1 saturated carbocycles. The second-order valence-corrected chi connectivity index (χ2v) is 5.50. The van der Waals surface area contributed by atoms with Crippen LogP contribution in [0.2, 0.25) is 0 Å². The largest absolute Gasteiger partial charge is 0.490 e. The van der Waals surface area contributed by atoms with Crippen LogP contribution in [0.25, 0.3) is 0 Å². The molecule has 2 heteroatoms. The van der Waals surface area contributed by atoms with Crippen molar-refractivity contribution in [2.45, 2.75) is 51.0 Å². The Bertz CT molecular complexity index is 480. The Balaban J connectivity index is 1.69. The zero-order valence-corrected chi connectivity index (χ0v) is 11.2. The van der Waals surface area contributed by atoms with Crippen molar-refractivity contribution in [1.29, 1.82) is 0 Å². The van der Waals surface area contributed by atoms with Crippen molar-refractivity contribution in [1.82, 2.24) is 0 Å². The molecule has 2 nitrogen and oxygen atoms in total. The summed E-state index contributed by atoms with van der Waals surface area (Å²) < 4.78 is 5.70. The molecule has 0 radical (unpaired) electrons. The molecule has 0 heterocycles. The predicted octanol–water partition coefficient (Wildman–Crippen LogP) is 4.30. The summed E-state index contributed by atoms with van der Waals surface area (Å²) in [5.41, 5.74) is 1.78. The topological polar surface area (TPSA) is 26.3 Å². The van der Waals surface area contributed by atoms with E-state index in [-0.39, 0.29) is 5.78 Å². The number of ether oxygens (including phenoxy) is 1. The molecule has 1 fully saturated rings. The normalized spacial score (nSPS) is 19.5. The number of carbonyl (C=O) groups is 1. The number of ketones is 1. The van der Waals surface area contributed by atoms with Crippen LogP contribution in [-0.4, -0.2) is 11.9 Å². The fourth-order valence-electron chi connectivity index (χ4n) is 2.47. The van der Waals surface area contributed by atoms with Gasteiger partial charge in [-0.15, -0.1) is 0 Å². The van der Waals surface area contributed by atoms with E-state index in [4.69, 9.17) is 4.74 Å². The smallest absolute Gasteiger partial charge is 0.188 e. The first kappa shape index (κ1) is 12.5. The Morgan fingerprint density at radius 2 is 1.84 bits per heavy atom. The molecule has 19 heavy (non-hydrogen) atoms. The maximum absolute atomic E-state index is 12.4. The van der Waals surface area contributed by atoms with Crippen LogP contribution in [0.3, 0.4) is 0 Å². The minimum atomic E-state index is 0.194. The van der Waals surface area contributed by atoms with Crippen molar-refractivity contribution < 1.29 is 9.53 Å². The zero-order chi connectivity index (χ0) is 13.1. The molecular formula is C17H20O2. The fraction of sp³-hybridized carbons (Fsp3) is 0.471. The van der Waals surface area contributed by atoms with E-state index in [1.165, 1.54) is 12.8 Å². The summed E-state index contributed by atoms with van der Waals surface area (Å²) in [6.45, 7) is 0. The number of hydrogen-bond acceptors (Lipinski definition) is 2. The summed E-state index contributed by atoms with van der Waals surface area (Å²) in [5, 5.41) is 0. The summed E-state index contributed by atoms with van der Waals surface area (Å²) in [7, 11) is 0. The van der Waals surface area contributed by atoms with Crippen molar-refractivity contribution in [2.75, 3.05) is 0 Å². The first-order chi connectivity index (χ1) is 9.33. The highest BCUT2D eigenvalue weighted by Gasteiger charge is 2.23. The summed E-state index contributed by atoms with van der Waals surface area (Å²) in [5.74, 6) is 1.08. The van der Waals surface area contributed by atoms with Crippen molar-refractivity contribution in [2.24, 2.45) is 0 Å². The summed E-state index contributed by atoms with van der Waals surface area (Å²) in [6.07, 6.45) is 10.4. The van der Waals surface area contributed by atoms with Gasteiger partial charge in [0, 0.05) is 5.56 Å². The zero-order valence-electron chi connectivity index (χ0n) is 11.2. The standard InChI is InChI=1S/C17H20O2/c18-17(13-5-3-1-2-4-6-13)14-7-9-15(10-8-14)19-16-11-12-16/h5,7-10,16H,1-4,6,11-12H2. The SMILES string of the molecule is O=C(C1=CCCCCC1)c1ccc(OC2CC2)cc1. The van der Waals surface area contributed by atoms with E-state index in [9.17, 15) is 4.79 Å². The molecular weight excluding hydrogens is 236 g/mol. The minimum absolute atomic E-state index is 0.194. The van der Waals surface area contributed by atoms with Gasteiger partial charge in [-0.05, 0) is 68.4 Å². The summed E-state index contributed by atoms with van der Waals surface area (Å²) >= 11 is 0. The number of benzene rings is 1. The molecule has 0 saturated heterocycles. The monoisotopic (exact) mass is 256 g/mol. The van der Waals surface area contributed by atoms with Crippen molar-refractivity contribution >= 4 is 5.78 Å². The van der Waals surface area contributed by atoms with Gasteiger partial charge >= 0.3 is 0 Å². The van der Waals surface area contributed by atoms with Gasteiger partial charge in [-0.1, -0.05) is 12.5 Å². The van der Waals surface area contributed by atoms with E-state index in [1.54, 1.807) is 0 Å². The first-order valence-electron chi connectivity index (χ1n) is 7.33. The molecule has 1 aromatic rings. The van der Waals surface area contributed by atoms with Crippen LogP contribution in [0.5, 0.6) is 5.75 Å². The van der Waals surface area contributed by atoms with Crippen LogP contribution in [0.15, 0.2) is 35.9 Å². The van der Waals surface area contributed by atoms with Crippen molar-refractivity contribution in [3.8, 4) is 5.75 Å². The van der Waals surface area contributed by atoms with Crippen LogP contribution in [0.1, 0.15) is 55.3 Å². The number of allylic oxidation sites excluding steroid dienone is 2. The van der Waals surface area contributed by atoms with Crippen LogP contribution in [0.4, 0.5) is 0 Å². The molecule has 0 atom stereocenters. The van der Waals surface area contributed by atoms with Gasteiger partial charge < -0.3 is 4.74 Å². The Kier molecular flexibility index (Phi) is 3.67. The number of Topliss-reactive ketones (excluding diaryl/α,β-unsaturated/α-hetero) is 1. The third kappa shape index (κ3) is 3.25. The Morgan fingerprint density at radius 3 is 2.58 bits per heavy atom.